The Bertz CT molecular complexity index is 566. The molecule has 17 heavy (non-hydrogen) atoms. The molecule has 1 heterocycles. The van der Waals surface area contributed by atoms with Crippen molar-refractivity contribution in [1.82, 2.24) is 15.2 Å². The molecule has 0 aliphatic heterocycles. The fourth-order valence-corrected chi connectivity index (χ4v) is 1.85. The smallest absolute Gasteiger partial charge is 0.171 e. The predicted octanol–water partition coefficient (Wildman–Crippen LogP) is 2.14. The van der Waals surface area contributed by atoms with Crippen molar-refractivity contribution in [3.8, 4) is 11.3 Å². The maximum absolute atomic E-state index is 6.05. The molecule has 4 nitrogen and oxygen atoms in total. The number of halogens is 1. The molecule has 1 fully saturated rings. The molecule has 1 aliphatic rings. The number of rotatable bonds is 2. The van der Waals surface area contributed by atoms with E-state index in [4.69, 9.17) is 17.3 Å². The summed E-state index contributed by atoms with van der Waals surface area (Å²) in [5, 5.41) is 8.64. The number of aromatic nitrogens is 3. The Morgan fingerprint density at radius 2 is 2.12 bits per heavy atom. The van der Waals surface area contributed by atoms with Gasteiger partial charge in [-0.2, -0.15) is 5.10 Å². The van der Waals surface area contributed by atoms with Crippen LogP contribution in [-0.4, -0.2) is 15.2 Å². The SMILES string of the molecule is NC1(c2nncc(-c3cccc(Cl)c3)n2)CC1. The monoisotopic (exact) mass is 246 g/mol. The molecule has 0 saturated heterocycles. The molecule has 0 amide bonds. The van der Waals surface area contributed by atoms with Crippen LogP contribution in [0.4, 0.5) is 0 Å². The summed E-state index contributed by atoms with van der Waals surface area (Å²) in [5.41, 5.74) is 7.38. The van der Waals surface area contributed by atoms with Crippen molar-refractivity contribution in [1.29, 1.82) is 0 Å². The average Bonchev–Trinajstić information content (AvgIpc) is 3.09. The Morgan fingerprint density at radius 3 is 2.82 bits per heavy atom. The first-order valence-electron chi connectivity index (χ1n) is 5.42. The lowest BCUT2D eigenvalue weighted by Gasteiger charge is -2.07. The lowest BCUT2D eigenvalue weighted by atomic mass is 10.1. The second-order valence-electron chi connectivity index (χ2n) is 4.33. The second-order valence-corrected chi connectivity index (χ2v) is 4.77. The number of hydrogen-bond acceptors (Lipinski definition) is 4. The van der Waals surface area contributed by atoms with Gasteiger partial charge in [0, 0.05) is 10.6 Å². The molecule has 86 valence electrons. The lowest BCUT2D eigenvalue weighted by molar-refractivity contribution is 0.650. The highest BCUT2D eigenvalue weighted by molar-refractivity contribution is 6.30. The zero-order valence-electron chi connectivity index (χ0n) is 9.10. The number of hydrogen-bond donors (Lipinski definition) is 1. The summed E-state index contributed by atoms with van der Waals surface area (Å²) >= 11 is 5.95. The van der Waals surface area contributed by atoms with E-state index >= 15 is 0 Å². The number of benzene rings is 1. The Kier molecular flexibility index (Phi) is 2.34. The lowest BCUT2D eigenvalue weighted by Crippen LogP contribution is -2.22. The van der Waals surface area contributed by atoms with Crippen LogP contribution in [0, 0.1) is 0 Å². The van der Waals surface area contributed by atoms with Gasteiger partial charge in [-0.05, 0) is 25.0 Å². The number of nitrogens with two attached hydrogens (primary N) is 1. The van der Waals surface area contributed by atoms with Gasteiger partial charge in [0.2, 0.25) is 0 Å². The van der Waals surface area contributed by atoms with E-state index in [-0.39, 0.29) is 5.54 Å². The van der Waals surface area contributed by atoms with Crippen LogP contribution < -0.4 is 5.73 Å². The quantitative estimate of drug-likeness (QED) is 0.882. The molecule has 1 aromatic carbocycles. The molecule has 0 bridgehead atoms. The Hall–Kier alpha value is -1.52. The molecule has 1 saturated carbocycles. The largest absolute Gasteiger partial charge is 0.319 e. The Morgan fingerprint density at radius 1 is 1.29 bits per heavy atom. The highest BCUT2D eigenvalue weighted by atomic mass is 35.5. The third-order valence-electron chi connectivity index (χ3n) is 2.91. The third kappa shape index (κ3) is 2.01. The van der Waals surface area contributed by atoms with Crippen LogP contribution in [0.2, 0.25) is 5.02 Å². The molecular formula is C12H11ClN4. The maximum atomic E-state index is 6.05. The molecular weight excluding hydrogens is 236 g/mol. The van der Waals surface area contributed by atoms with Crippen LogP contribution in [0.5, 0.6) is 0 Å². The molecule has 2 N–H and O–H groups in total. The zero-order chi connectivity index (χ0) is 11.9. The molecule has 2 aromatic rings. The number of nitrogens with zero attached hydrogens (tertiary/aromatic N) is 3. The molecule has 0 spiro atoms. The van der Waals surface area contributed by atoms with E-state index < -0.39 is 0 Å². The standard InChI is InChI=1S/C12H11ClN4/c13-9-3-1-2-8(6-9)10-7-15-17-11(16-10)12(14)4-5-12/h1-3,6-7H,4-5,14H2. The van der Waals surface area contributed by atoms with Crippen molar-refractivity contribution >= 4 is 11.6 Å². The summed E-state index contributed by atoms with van der Waals surface area (Å²) in [7, 11) is 0. The summed E-state index contributed by atoms with van der Waals surface area (Å²) in [4.78, 5) is 4.46. The van der Waals surface area contributed by atoms with Gasteiger partial charge >= 0.3 is 0 Å². The molecule has 0 atom stereocenters. The molecule has 1 aromatic heterocycles. The molecule has 1 aliphatic carbocycles. The van der Waals surface area contributed by atoms with E-state index in [1.165, 1.54) is 0 Å². The molecule has 0 radical (unpaired) electrons. The van der Waals surface area contributed by atoms with Gasteiger partial charge in [0.05, 0.1) is 17.4 Å². The summed E-state index contributed by atoms with van der Waals surface area (Å²) in [6.07, 6.45) is 3.47. The van der Waals surface area contributed by atoms with E-state index in [0.29, 0.717) is 10.8 Å². The molecule has 3 rings (SSSR count). The summed E-state index contributed by atoms with van der Waals surface area (Å²) in [6, 6.07) is 7.50. The van der Waals surface area contributed by atoms with Gasteiger partial charge in [0.15, 0.2) is 5.82 Å². The highest BCUT2D eigenvalue weighted by Crippen LogP contribution is 2.40. The highest BCUT2D eigenvalue weighted by Gasteiger charge is 2.43. The second kappa shape index (κ2) is 3.75. The first-order valence-corrected chi connectivity index (χ1v) is 5.80. The van der Waals surface area contributed by atoms with Crippen LogP contribution in [0.15, 0.2) is 30.5 Å². The van der Waals surface area contributed by atoms with Gasteiger partial charge in [0.25, 0.3) is 0 Å². The van der Waals surface area contributed by atoms with Crippen LogP contribution in [0.3, 0.4) is 0 Å². The average molecular weight is 247 g/mol. The van der Waals surface area contributed by atoms with E-state index in [2.05, 4.69) is 15.2 Å². The Labute approximate surface area is 104 Å². The van der Waals surface area contributed by atoms with Crippen molar-refractivity contribution in [2.24, 2.45) is 5.73 Å². The van der Waals surface area contributed by atoms with Crippen LogP contribution in [0.1, 0.15) is 18.7 Å². The van der Waals surface area contributed by atoms with Crippen LogP contribution in [0.25, 0.3) is 11.3 Å². The van der Waals surface area contributed by atoms with Gasteiger partial charge < -0.3 is 5.73 Å². The fraction of sp³-hybridized carbons (Fsp3) is 0.250. The van der Waals surface area contributed by atoms with Gasteiger partial charge in [-0.15, -0.1) is 5.10 Å². The minimum Gasteiger partial charge on any atom is -0.319 e. The Balaban J connectivity index is 2.03. The molecule has 0 unspecified atom stereocenters. The molecule has 5 heteroatoms. The van der Waals surface area contributed by atoms with Crippen molar-refractivity contribution in [3.63, 3.8) is 0 Å². The van der Waals surface area contributed by atoms with Gasteiger partial charge in [-0.3, -0.25) is 0 Å². The van der Waals surface area contributed by atoms with Gasteiger partial charge in [0.1, 0.15) is 0 Å². The van der Waals surface area contributed by atoms with Gasteiger partial charge in [-0.1, -0.05) is 23.7 Å². The topological polar surface area (TPSA) is 64.7 Å². The third-order valence-corrected chi connectivity index (χ3v) is 3.15. The summed E-state index contributed by atoms with van der Waals surface area (Å²) in [5.74, 6) is 0.620. The predicted molar refractivity (Wildman–Crippen MR) is 65.4 cm³/mol. The first-order chi connectivity index (χ1) is 8.17. The minimum atomic E-state index is -0.360. The van der Waals surface area contributed by atoms with Crippen molar-refractivity contribution in [2.45, 2.75) is 18.4 Å². The first kappa shape index (κ1) is 10.6. The van der Waals surface area contributed by atoms with Crippen LogP contribution >= 0.6 is 11.6 Å². The zero-order valence-corrected chi connectivity index (χ0v) is 9.85. The minimum absolute atomic E-state index is 0.360. The van der Waals surface area contributed by atoms with Crippen molar-refractivity contribution in [2.75, 3.05) is 0 Å². The fourth-order valence-electron chi connectivity index (χ4n) is 1.66. The van der Waals surface area contributed by atoms with E-state index in [1.807, 2.05) is 24.3 Å². The van der Waals surface area contributed by atoms with Gasteiger partial charge in [-0.25, -0.2) is 4.98 Å². The summed E-state index contributed by atoms with van der Waals surface area (Å²) in [6.45, 7) is 0. The van der Waals surface area contributed by atoms with E-state index in [0.717, 1.165) is 24.1 Å². The normalized spacial score (nSPS) is 16.8. The van der Waals surface area contributed by atoms with Crippen LogP contribution in [-0.2, 0) is 5.54 Å². The maximum Gasteiger partial charge on any atom is 0.171 e. The van der Waals surface area contributed by atoms with Crippen molar-refractivity contribution < 1.29 is 0 Å². The summed E-state index contributed by atoms with van der Waals surface area (Å²) < 4.78 is 0. The van der Waals surface area contributed by atoms with E-state index in [9.17, 15) is 0 Å². The van der Waals surface area contributed by atoms with Crippen molar-refractivity contribution in [3.05, 3.63) is 41.3 Å². The van der Waals surface area contributed by atoms with E-state index in [1.54, 1.807) is 6.20 Å².